The third-order valence-corrected chi connectivity index (χ3v) is 5.61. The summed E-state index contributed by atoms with van der Waals surface area (Å²) in [6.07, 6.45) is -0.301. The quantitative estimate of drug-likeness (QED) is 0.628. The summed E-state index contributed by atoms with van der Waals surface area (Å²) < 4.78 is 0. The molecule has 1 atom stereocenters. The first kappa shape index (κ1) is 19.4. The van der Waals surface area contributed by atoms with Crippen LogP contribution in [0.15, 0.2) is 72.8 Å². The van der Waals surface area contributed by atoms with E-state index in [0.29, 0.717) is 21.8 Å². The monoisotopic (exact) mass is 405 g/mol. The third kappa shape index (κ3) is 3.46. The van der Waals surface area contributed by atoms with E-state index in [2.05, 4.69) is 0 Å². The summed E-state index contributed by atoms with van der Waals surface area (Å²) >= 11 is 5.95. The smallest absolute Gasteiger partial charge is 0.264 e. The van der Waals surface area contributed by atoms with Crippen molar-refractivity contribution in [3.8, 4) is 0 Å². The Morgan fingerprint density at radius 1 is 1.00 bits per heavy atom. The van der Waals surface area contributed by atoms with Crippen molar-refractivity contribution < 1.29 is 14.7 Å². The maximum absolute atomic E-state index is 13.3. The van der Waals surface area contributed by atoms with Crippen molar-refractivity contribution in [3.63, 3.8) is 0 Å². The summed E-state index contributed by atoms with van der Waals surface area (Å²) in [6, 6.07) is 21.5. The Hall–Kier alpha value is -2.95. The maximum Gasteiger partial charge on any atom is 0.264 e. The Morgan fingerprint density at radius 2 is 1.66 bits per heavy atom. The van der Waals surface area contributed by atoms with Gasteiger partial charge in [0.2, 0.25) is 0 Å². The number of hydrogen-bond donors (Lipinski definition) is 1. The summed E-state index contributed by atoms with van der Waals surface area (Å²) in [4.78, 5) is 27.8. The second-order valence-electron chi connectivity index (χ2n) is 7.31. The van der Waals surface area contributed by atoms with Crippen LogP contribution in [0.2, 0.25) is 5.02 Å². The standard InChI is InChI=1S/C24H20ClNO3/c1-16-6-2-3-7-19(16)22(27)14-24(29)20-8-4-5-9-21(20)26(23(24)28)15-17-10-12-18(25)13-11-17/h2-13,29H,14-15H2,1H3. The normalized spacial score (nSPS) is 18.0. The first-order valence-electron chi connectivity index (χ1n) is 9.37. The Labute approximate surface area is 174 Å². The van der Waals surface area contributed by atoms with Gasteiger partial charge in [0, 0.05) is 16.1 Å². The van der Waals surface area contributed by atoms with Gasteiger partial charge in [-0.1, -0.05) is 66.2 Å². The van der Waals surface area contributed by atoms with Crippen molar-refractivity contribution in [2.75, 3.05) is 4.90 Å². The molecular formula is C24H20ClNO3. The molecule has 1 aliphatic heterocycles. The van der Waals surface area contributed by atoms with Crippen molar-refractivity contribution in [2.45, 2.75) is 25.5 Å². The summed E-state index contributed by atoms with van der Waals surface area (Å²) in [6.45, 7) is 2.13. The average molecular weight is 406 g/mol. The van der Waals surface area contributed by atoms with E-state index in [9.17, 15) is 14.7 Å². The minimum Gasteiger partial charge on any atom is -0.375 e. The van der Waals surface area contributed by atoms with Gasteiger partial charge in [0.05, 0.1) is 18.7 Å². The van der Waals surface area contributed by atoms with E-state index in [1.54, 1.807) is 42.5 Å². The number of aryl methyl sites for hydroxylation is 1. The summed E-state index contributed by atoms with van der Waals surface area (Å²) in [5.74, 6) is -0.752. The van der Waals surface area contributed by atoms with Gasteiger partial charge in [0.25, 0.3) is 5.91 Å². The molecule has 146 valence electrons. The van der Waals surface area contributed by atoms with E-state index in [4.69, 9.17) is 11.6 Å². The molecule has 4 nitrogen and oxygen atoms in total. The molecule has 0 saturated carbocycles. The fourth-order valence-corrected chi connectivity index (χ4v) is 3.95. The SMILES string of the molecule is Cc1ccccc1C(=O)CC1(O)C(=O)N(Cc2ccc(Cl)cc2)c2ccccc21. The number of para-hydroxylation sites is 1. The zero-order chi connectivity index (χ0) is 20.6. The summed E-state index contributed by atoms with van der Waals surface area (Å²) in [7, 11) is 0. The van der Waals surface area contributed by atoms with Crippen molar-refractivity contribution in [3.05, 3.63) is 100 Å². The van der Waals surface area contributed by atoms with Crippen molar-refractivity contribution >= 4 is 29.0 Å². The molecule has 0 bridgehead atoms. The third-order valence-electron chi connectivity index (χ3n) is 5.36. The molecule has 0 spiro atoms. The van der Waals surface area contributed by atoms with Gasteiger partial charge in [-0.05, 0) is 36.2 Å². The lowest BCUT2D eigenvalue weighted by molar-refractivity contribution is -0.136. The van der Waals surface area contributed by atoms with Gasteiger partial charge in [-0.15, -0.1) is 0 Å². The molecule has 0 aromatic heterocycles. The molecule has 1 heterocycles. The number of benzene rings is 3. The van der Waals surface area contributed by atoms with Gasteiger partial charge < -0.3 is 10.0 Å². The lowest BCUT2D eigenvalue weighted by atomic mass is 9.87. The van der Waals surface area contributed by atoms with Crippen molar-refractivity contribution in [1.82, 2.24) is 0 Å². The molecule has 0 saturated heterocycles. The highest BCUT2D eigenvalue weighted by Crippen LogP contribution is 2.43. The first-order valence-corrected chi connectivity index (χ1v) is 9.75. The van der Waals surface area contributed by atoms with Crippen molar-refractivity contribution in [2.24, 2.45) is 0 Å². The molecule has 1 N–H and O–H groups in total. The fraction of sp³-hybridized carbons (Fsp3) is 0.167. The lowest BCUT2D eigenvalue weighted by Gasteiger charge is -2.23. The molecule has 29 heavy (non-hydrogen) atoms. The van der Waals surface area contributed by atoms with Crippen LogP contribution in [0, 0.1) is 6.92 Å². The number of rotatable bonds is 5. The molecule has 0 aliphatic carbocycles. The minimum atomic E-state index is -1.89. The van der Waals surface area contributed by atoms with Crippen LogP contribution in [0.25, 0.3) is 0 Å². The number of Topliss-reactive ketones (excluding diaryl/α,β-unsaturated/α-hetero) is 1. The molecule has 0 radical (unpaired) electrons. The van der Waals surface area contributed by atoms with Gasteiger partial charge in [-0.25, -0.2) is 0 Å². The molecule has 1 amide bonds. The molecule has 4 rings (SSSR count). The van der Waals surface area contributed by atoms with Crippen LogP contribution >= 0.6 is 11.6 Å². The number of nitrogens with zero attached hydrogens (tertiary/aromatic N) is 1. The van der Waals surface area contributed by atoms with Gasteiger partial charge in [0.1, 0.15) is 0 Å². The van der Waals surface area contributed by atoms with Crippen LogP contribution in [0.5, 0.6) is 0 Å². The Balaban J connectivity index is 1.69. The predicted octanol–water partition coefficient (Wildman–Crippen LogP) is 4.66. The minimum absolute atomic E-state index is 0.262. The van der Waals surface area contributed by atoms with Crippen LogP contribution in [0.3, 0.4) is 0 Å². The number of carbonyl (C=O) groups is 2. The van der Waals surface area contributed by atoms with Gasteiger partial charge in [0.15, 0.2) is 11.4 Å². The van der Waals surface area contributed by atoms with E-state index in [0.717, 1.165) is 11.1 Å². The highest BCUT2D eigenvalue weighted by atomic mass is 35.5. The van der Waals surface area contributed by atoms with Gasteiger partial charge in [-0.3, -0.25) is 9.59 Å². The molecule has 3 aromatic carbocycles. The molecular weight excluding hydrogens is 386 g/mol. The molecule has 0 fully saturated rings. The van der Waals surface area contributed by atoms with Crippen LogP contribution in [-0.2, 0) is 16.9 Å². The number of carbonyl (C=O) groups excluding carboxylic acids is 2. The topological polar surface area (TPSA) is 57.6 Å². The highest BCUT2D eigenvalue weighted by molar-refractivity contribution is 6.30. The first-order chi connectivity index (χ1) is 13.9. The largest absolute Gasteiger partial charge is 0.375 e. The fourth-order valence-electron chi connectivity index (χ4n) is 3.82. The van der Waals surface area contributed by atoms with Crippen LogP contribution < -0.4 is 4.90 Å². The number of fused-ring (bicyclic) bond motifs is 1. The Kier molecular flexibility index (Phi) is 4.99. The number of halogens is 1. The van der Waals surface area contributed by atoms with Crippen molar-refractivity contribution in [1.29, 1.82) is 0 Å². The maximum atomic E-state index is 13.3. The molecule has 5 heteroatoms. The molecule has 3 aromatic rings. The summed E-state index contributed by atoms with van der Waals surface area (Å²) in [5.41, 5.74) is 1.41. The average Bonchev–Trinajstić information content (AvgIpc) is 2.92. The number of hydrogen-bond acceptors (Lipinski definition) is 3. The Bertz CT molecular complexity index is 1090. The van der Waals surface area contributed by atoms with Crippen LogP contribution in [-0.4, -0.2) is 16.8 Å². The number of ketones is 1. The van der Waals surface area contributed by atoms with Crippen LogP contribution in [0.1, 0.15) is 33.5 Å². The lowest BCUT2D eigenvalue weighted by Crippen LogP contribution is -2.41. The van der Waals surface area contributed by atoms with E-state index in [-0.39, 0.29) is 18.7 Å². The zero-order valence-corrected chi connectivity index (χ0v) is 16.7. The highest BCUT2D eigenvalue weighted by Gasteiger charge is 2.50. The predicted molar refractivity (Wildman–Crippen MR) is 113 cm³/mol. The van der Waals surface area contributed by atoms with E-state index >= 15 is 0 Å². The van der Waals surface area contributed by atoms with E-state index in [1.165, 1.54) is 4.90 Å². The molecule has 1 unspecified atom stereocenters. The second kappa shape index (κ2) is 7.47. The summed E-state index contributed by atoms with van der Waals surface area (Å²) in [5, 5.41) is 12.0. The number of amides is 1. The number of anilines is 1. The van der Waals surface area contributed by atoms with E-state index in [1.807, 2.05) is 37.3 Å². The van der Waals surface area contributed by atoms with Gasteiger partial charge >= 0.3 is 0 Å². The zero-order valence-electron chi connectivity index (χ0n) is 15.9. The Morgan fingerprint density at radius 3 is 2.38 bits per heavy atom. The van der Waals surface area contributed by atoms with E-state index < -0.39 is 11.5 Å². The molecule has 1 aliphatic rings. The van der Waals surface area contributed by atoms with Gasteiger partial charge in [-0.2, -0.15) is 0 Å². The second-order valence-corrected chi connectivity index (χ2v) is 7.75. The van der Waals surface area contributed by atoms with Crippen LogP contribution in [0.4, 0.5) is 5.69 Å². The number of aliphatic hydroxyl groups is 1.